The Morgan fingerprint density at radius 3 is 2.52 bits per heavy atom. The van der Waals surface area contributed by atoms with Crippen LogP contribution in [0.2, 0.25) is 0 Å². The van der Waals surface area contributed by atoms with Crippen molar-refractivity contribution < 1.29 is 9.53 Å². The van der Waals surface area contributed by atoms with Gasteiger partial charge in [-0.25, -0.2) is 0 Å². The van der Waals surface area contributed by atoms with Crippen molar-refractivity contribution in [3.05, 3.63) is 42.5 Å². The monoisotopic (exact) mass is 366 g/mol. The Kier molecular flexibility index (Phi) is 5.63. The maximum atomic E-state index is 12.6. The maximum absolute atomic E-state index is 12.6. The van der Waals surface area contributed by atoms with Gasteiger partial charge in [-0.1, -0.05) is 50.1 Å². The van der Waals surface area contributed by atoms with E-state index in [9.17, 15) is 4.79 Å². The first-order valence-corrected chi connectivity index (χ1v) is 10.3. The molecule has 4 rings (SSSR count). The van der Waals surface area contributed by atoms with Gasteiger partial charge >= 0.3 is 0 Å². The van der Waals surface area contributed by atoms with Gasteiger partial charge in [0, 0.05) is 32.2 Å². The molecule has 0 N–H and O–H groups in total. The topological polar surface area (TPSA) is 32.8 Å². The zero-order valence-electron chi connectivity index (χ0n) is 16.3. The van der Waals surface area contributed by atoms with Crippen molar-refractivity contribution in [1.82, 2.24) is 9.80 Å². The molecule has 4 nitrogen and oxygen atoms in total. The van der Waals surface area contributed by atoms with Crippen molar-refractivity contribution in [1.29, 1.82) is 0 Å². The Labute approximate surface area is 162 Å². The van der Waals surface area contributed by atoms with E-state index in [4.69, 9.17) is 4.74 Å². The molecule has 0 unspecified atom stereocenters. The molecule has 27 heavy (non-hydrogen) atoms. The van der Waals surface area contributed by atoms with Crippen molar-refractivity contribution >= 4 is 16.7 Å². The van der Waals surface area contributed by atoms with Crippen LogP contribution in [0.4, 0.5) is 0 Å². The Hall–Kier alpha value is -2.07. The van der Waals surface area contributed by atoms with Gasteiger partial charge in [0.25, 0.3) is 5.91 Å². The minimum atomic E-state index is 0.0968. The molecule has 2 aromatic carbocycles. The molecule has 1 amide bonds. The number of hydrogen-bond donors (Lipinski definition) is 0. The molecule has 144 valence electrons. The van der Waals surface area contributed by atoms with Crippen LogP contribution in [0.15, 0.2) is 42.5 Å². The molecular formula is C23H30N2O2. The molecule has 1 heterocycles. The van der Waals surface area contributed by atoms with E-state index < -0.39 is 0 Å². The van der Waals surface area contributed by atoms with Crippen LogP contribution in [0.25, 0.3) is 10.8 Å². The predicted octanol–water partition coefficient (Wildman–Crippen LogP) is 3.94. The number of carbonyl (C=O) groups excluding carboxylic acids is 1. The van der Waals surface area contributed by atoms with Crippen LogP contribution in [-0.4, -0.2) is 54.5 Å². The summed E-state index contributed by atoms with van der Waals surface area (Å²) in [6.07, 6.45) is 5.40. The zero-order valence-corrected chi connectivity index (χ0v) is 16.3. The highest BCUT2D eigenvalue weighted by molar-refractivity contribution is 5.84. The number of nitrogens with zero attached hydrogens (tertiary/aromatic N) is 2. The third kappa shape index (κ3) is 4.27. The van der Waals surface area contributed by atoms with Crippen LogP contribution < -0.4 is 4.74 Å². The molecule has 0 radical (unpaired) electrons. The molecule has 2 atom stereocenters. The summed E-state index contributed by atoms with van der Waals surface area (Å²) in [5.41, 5.74) is 0. The first-order valence-electron chi connectivity index (χ1n) is 10.3. The van der Waals surface area contributed by atoms with Gasteiger partial charge in [-0.15, -0.1) is 0 Å². The Bertz CT molecular complexity index is 783. The number of hydrogen-bond acceptors (Lipinski definition) is 3. The molecule has 0 bridgehead atoms. The quantitative estimate of drug-likeness (QED) is 0.822. The lowest BCUT2D eigenvalue weighted by Gasteiger charge is -2.43. The van der Waals surface area contributed by atoms with Crippen molar-refractivity contribution in [3.8, 4) is 5.75 Å². The number of rotatable bonds is 4. The summed E-state index contributed by atoms with van der Waals surface area (Å²) in [5.74, 6) is 1.65. The fourth-order valence-electron chi connectivity index (χ4n) is 4.64. The van der Waals surface area contributed by atoms with Crippen molar-refractivity contribution in [3.63, 3.8) is 0 Å². The molecule has 2 fully saturated rings. The molecule has 2 aromatic rings. The fraction of sp³-hybridized carbons (Fsp3) is 0.522. The summed E-state index contributed by atoms with van der Waals surface area (Å²) >= 11 is 0. The smallest absolute Gasteiger partial charge is 0.260 e. The zero-order chi connectivity index (χ0) is 18.6. The van der Waals surface area contributed by atoms with Gasteiger partial charge in [-0.2, -0.15) is 0 Å². The maximum Gasteiger partial charge on any atom is 0.260 e. The average molecular weight is 367 g/mol. The van der Waals surface area contributed by atoms with E-state index in [1.54, 1.807) is 0 Å². The third-order valence-electron chi connectivity index (χ3n) is 6.29. The molecular weight excluding hydrogens is 336 g/mol. The highest BCUT2D eigenvalue weighted by Crippen LogP contribution is 2.28. The van der Waals surface area contributed by atoms with E-state index in [0.717, 1.165) is 43.2 Å². The van der Waals surface area contributed by atoms with Gasteiger partial charge in [0.2, 0.25) is 0 Å². The molecule has 2 aliphatic rings. The standard InChI is InChI=1S/C23H30N2O2/c1-18-6-2-5-9-22(18)24-12-14-25(15-13-24)23(26)17-27-21-11-10-19-7-3-4-8-20(19)16-21/h3-4,7-8,10-11,16,18,22H,2,5-6,9,12-15,17H2,1H3/t18-,22-/m0/s1. The number of ether oxygens (including phenoxy) is 1. The largest absolute Gasteiger partial charge is 0.484 e. The summed E-state index contributed by atoms with van der Waals surface area (Å²) in [6, 6.07) is 14.9. The van der Waals surface area contributed by atoms with Crippen LogP contribution in [0.1, 0.15) is 32.6 Å². The lowest BCUT2D eigenvalue weighted by molar-refractivity contribution is -0.135. The Balaban J connectivity index is 1.27. The van der Waals surface area contributed by atoms with Gasteiger partial charge < -0.3 is 9.64 Å². The molecule has 1 saturated heterocycles. The highest BCUT2D eigenvalue weighted by Gasteiger charge is 2.30. The minimum Gasteiger partial charge on any atom is -0.484 e. The van der Waals surface area contributed by atoms with Gasteiger partial charge in [-0.3, -0.25) is 9.69 Å². The van der Waals surface area contributed by atoms with Crippen LogP contribution in [0, 0.1) is 5.92 Å². The Morgan fingerprint density at radius 2 is 1.74 bits per heavy atom. The minimum absolute atomic E-state index is 0.0968. The second-order valence-corrected chi connectivity index (χ2v) is 8.04. The highest BCUT2D eigenvalue weighted by atomic mass is 16.5. The van der Waals surface area contributed by atoms with Crippen molar-refractivity contribution in [2.45, 2.75) is 38.6 Å². The lowest BCUT2D eigenvalue weighted by atomic mass is 9.84. The number of piperazine rings is 1. The Morgan fingerprint density at radius 1 is 1.00 bits per heavy atom. The first-order chi connectivity index (χ1) is 13.2. The van der Waals surface area contributed by atoms with Crippen LogP contribution in [-0.2, 0) is 4.79 Å². The van der Waals surface area contributed by atoms with Crippen molar-refractivity contribution in [2.24, 2.45) is 5.92 Å². The predicted molar refractivity (Wildman–Crippen MR) is 109 cm³/mol. The molecule has 1 aliphatic heterocycles. The van der Waals surface area contributed by atoms with Crippen LogP contribution in [0.3, 0.4) is 0 Å². The lowest BCUT2D eigenvalue weighted by Crippen LogP contribution is -2.54. The van der Waals surface area contributed by atoms with Gasteiger partial charge in [-0.05, 0) is 41.7 Å². The summed E-state index contributed by atoms with van der Waals surface area (Å²) in [6.45, 7) is 6.15. The second-order valence-electron chi connectivity index (χ2n) is 8.04. The number of amides is 1. The fourth-order valence-corrected chi connectivity index (χ4v) is 4.64. The van der Waals surface area contributed by atoms with Gasteiger partial charge in [0.15, 0.2) is 6.61 Å². The van der Waals surface area contributed by atoms with E-state index in [0.29, 0.717) is 6.04 Å². The summed E-state index contributed by atoms with van der Waals surface area (Å²) in [7, 11) is 0. The number of carbonyl (C=O) groups is 1. The number of fused-ring (bicyclic) bond motifs is 1. The van der Waals surface area contributed by atoms with Crippen LogP contribution in [0.5, 0.6) is 5.75 Å². The van der Waals surface area contributed by atoms with Crippen LogP contribution >= 0.6 is 0 Å². The number of benzene rings is 2. The van der Waals surface area contributed by atoms with E-state index in [1.807, 2.05) is 35.2 Å². The molecule has 1 saturated carbocycles. The molecule has 0 spiro atoms. The SMILES string of the molecule is C[C@H]1CCCC[C@@H]1N1CCN(C(=O)COc2ccc3ccccc3c2)CC1. The second kappa shape index (κ2) is 8.30. The van der Waals surface area contributed by atoms with Gasteiger partial charge in [0.05, 0.1) is 0 Å². The molecule has 1 aliphatic carbocycles. The van der Waals surface area contributed by atoms with Crippen molar-refractivity contribution in [2.75, 3.05) is 32.8 Å². The van der Waals surface area contributed by atoms with E-state index in [2.05, 4.69) is 24.0 Å². The first kappa shape index (κ1) is 18.3. The third-order valence-corrected chi connectivity index (χ3v) is 6.29. The summed E-state index contributed by atoms with van der Waals surface area (Å²) in [4.78, 5) is 17.1. The van der Waals surface area contributed by atoms with E-state index >= 15 is 0 Å². The van der Waals surface area contributed by atoms with E-state index in [-0.39, 0.29) is 12.5 Å². The molecule has 4 heteroatoms. The average Bonchev–Trinajstić information content (AvgIpc) is 2.72. The molecule has 0 aromatic heterocycles. The summed E-state index contributed by atoms with van der Waals surface area (Å²) in [5, 5.41) is 2.32. The van der Waals surface area contributed by atoms with Gasteiger partial charge in [0.1, 0.15) is 5.75 Å². The van der Waals surface area contributed by atoms with E-state index in [1.165, 1.54) is 31.1 Å². The summed E-state index contributed by atoms with van der Waals surface area (Å²) < 4.78 is 5.78. The normalized spacial score (nSPS) is 24.1.